The molecule has 2 aromatic carbocycles. The Morgan fingerprint density at radius 2 is 1.33 bits per heavy atom. The Kier molecular flexibility index (Phi) is 8.41. The Morgan fingerprint density at radius 1 is 0.738 bits per heavy atom. The fourth-order valence-electron chi connectivity index (χ4n) is 5.07. The summed E-state index contributed by atoms with van der Waals surface area (Å²) in [5.41, 5.74) is -1.13. The molecule has 2 aliphatic rings. The van der Waals surface area contributed by atoms with Gasteiger partial charge in [0.15, 0.2) is 5.43 Å². The minimum atomic E-state index is -1.94. The largest absolute Gasteiger partial charge is 0.508 e. The second-order valence-corrected chi connectivity index (χ2v) is 10.1. The standard InChI is InChI=1S/C27H30O15/c28-7-15-19(32)22(35)24(37)26(40-15)18-14(41-27-25(38)23(36)20(33)16(8-29)42-27)6-13-17(21(18)34)11(31)5-12(39-13)9-1-3-10(30)4-2-9/h1-6,15-16,19-20,22-30,32-38H,7-8H2/t15-,16-,19-,20+,22+,23+,24-,25-,26+,27+/m1/s1. The first-order chi connectivity index (χ1) is 20.0. The van der Waals surface area contributed by atoms with Crippen LogP contribution in [0.4, 0.5) is 0 Å². The predicted molar refractivity (Wildman–Crippen MR) is 138 cm³/mol. The molecule has 0 radical (unpaired) electrons. The maximum Gasteiger partial charge on any atom is 0.229 e. The minimum Gasteiger partial charge on any atom is -0.508 e. The first kappa shape index (κ1) is 30.1. The van der Waals surface area contributed by atoms with Gasteiger partial charge < -0.3 is 69.7 Å². The zero-order valence-corrected chi connectivity index (χ0v) is 21.7. The summed E-state index contributed by atoms with van der Waals surface area (Å²) in [6.45, 7) is -1.59. The molecule has 2 saturated heterocycles. The van der Waals surface area contributed by atoms with Crippen molar-refractivity contribution in [3.05, 3.63) is 52.2 Å². The van der Waals surface area contributed by atoms with Crippen molar-refractivity contribution in [2.75, 3.05) is 13.2 Å². The van der Waals surface area contributed by atoms with Crippen molar-refractivity contribution in [2.24, 2.45) is 0 Å². The van der Waals surface area contributed by atoms with Crippen LogP contribution in [0.5, 0.6) is 17.2 Å². The van der Waals surface area contributed by atoms with Gasteiger partial charge in [-0.2, -0.15) is 0 Å². The lowest BCUT2D eigenvalue weighted by atomic mass is 9.89. The van der Waals surface area contributed by atoms with Crippen molar-refractivity contribution in [2.45, 2.75) is 61.2 Å². The molecule has 0 amide bonds. The molecule has 0 spiro atoms. The minimum absolute atomic E-state index is 0.0197. The van der Waals surface area contributed by atoms with Crippen molar-refractivity contribution < 1.29 is 69.7 Å². The van der Waals surface area contributed by atoms with Gasteiger partial charge in [-0.1, -0.05) is 0 Å². The summed E-state index contributed by atoms with van der Waals surface area (Å²) in [5, 5.41) is 102. The second kappa shape index (κ2) is 11.7. The van der Waals surface area contributed by atoms with E-state index in [9.17, 15) is 55.9 Å². The van der Waals surface area contributed by atoms with Crippen LogP contribution in [0.15, 0.2) is 45.6 Å². The van der Waals surface area contributed by atoms with Crippen LogP contribution in [0.2, 0.25) is 0 Å². The molecule has 3 aromatic rings. The zero-order valence-electron chi connectivity index (χ0n) is 21.7. The number of hydrogen-bond acceptors (Lipinski definition) is 15. The van der Waals surface area contributed by atoms with Gasteiger partial charge in [-0.05, 0) is 24.3 Å². The van der Waals surface area contributed by atoms with E-state index in [4.69, 9.17) is 18.6 Å². The third-order valence-corrected chi connectivity index (χ3v) is 7.41. The van der Waals surface area contributed by atoms with Crippen LogP contribution in [-0.4, -0.2) is 119 Å². The SMILES string of the molecule is O=c1cc(-c2ccc(O)cc2)oc2cc(O[C@H]3O[C@H](CO)[C@H](O)[C@H](O)[C@H]3O)c([C@@H]3O[C@H](CO)[C@@H](O)[C@H](O)[C@H]3O)c(O)c12. The van der Waals surface area contributed by atoms with E-state index in [1.54, 1.807) is 0 Å². The molecule has 10 atom stereocenters. The average molecular weight is 595 g/mol. The van der Waals surface area contributed by atoms with Gasteiger partial charge in [0.05, 0.1) is 18.8 Å². The fraction of sp³-hybridized carbons (Fsp3) is 0.444. The number of phenolic OH excluding ortho intramolecular Hbond substituents is 2. The summed E-state index contributed by atoms with van der Waals surface area (Å²) in [5.74, 6) is -1.33. The van der Waals surface area contributed by atoms with Crippen molar-refractivity contribution in [3.8, 4) is 28.6 Å². The van der Waals surface area contributed by atoms with Gasteiger partial charge in [-0.25, -0.2) is 0 Å². The number of aromatic hydroxyl groups is 2. The van der Waals surface area contributed by atoms with Crippen molar-refractivity contribution >= 4 is 11.0 Å². The number of hydrogen-bond donors (Lipinski definition) is 10. The highest BCUT2D eigenvalue weighted by molar-refractivity contribution is 5.88. The molecular weight excluding hydrogens is 564 g/mol. The number of phenols is 2. The highest BCUT2D eigenvalue weighted by Crippen LogP contribution is 2.46. The Bertz CT molecular complexity index is 1470. The van der Waals surface area contributed by atoms with Gasteiger partial charge in [0.25, 0.3) is 0 Å². The summed E-state index contributed by atoms with van der Waals surface area (Å²) >= 11 is 0. The lowest BCUT2D eigenvalue weighted by Gasteiger charge is -2.42. The number of fused-ring (bicyclic) bond motifs is 1. The lowest BCUT2D eigenvalue weighted by molar-refractivity contribution is -0.278. The molecule has 2 fully saturated rings. The van der Waals surface area contributed by atoms with E-state index >= 15 is 0 Å². The highest BCUT2D eigenvalue weighted by Gasteiger charge is 2.48. The summed E-state index contributed by atoms with van der Waals surface area (Å²) in [6, 6.07) is 7.78. The molecule has 10 N–H and O–H groups in total. The van der Waals surface area contributed by atoms with Crippen molar-refractivity contribution in [3.63, 3.8) is 0 Å². The normalized spacial score (nSPS) is 33.5. The van der Waals surface area contributed by atoms with E-state index in [0.717, 1.165) is 12.1 Å². The number of aliphatic hydroxyl groups is 8. The molecule has 1 aromatic heterocycles. The molecule has 228 valence electrons. The first-order valence-electron chi connectivity index (χ1n) is 12.9. The van der Waals surface area contributed by atoms with E-state index in [-0.39, 0.29) is 17.1 Å². The molecule has 0 saturated carbocycles. The highest BCUT2D eigenvalue weighted by atomic mass is 16.7. The van der Waals surface area contributed by atoms with Crippen LogP contribution in [0.1, 0.15) is 11.7 Å². The molecule has 0 aliphatic carbocycles. The Balaban J connectivity index is 1.68. The van der Waals surface area contributed by atoms with E-state index in [1.165, 1.54) is 24.3 Å². The van der Waals surface area contributed by atoms with Crippen LogP contribution in [0.25, 0.3) is 22.3 Å². The summed E-state index contributed by atoms with van der Waals surface area (Å²) < 4.78 is 22.6. The van der Waals surface area contributed by atoms with E-state index < -0.39 is 102 Å². The number of ether oxygens (including phenoxy) is 3. The van der Waals surface area contributed by atoms with E-state index in [2.05, 4.69) is 0 Å². The monoisotopic (exact) mass is 594 g/mol. The van der Waals surface area contributed by atoms with Crippen molar-refractivity contribution in [1.29, 1.82) is 0 Å². The summed E-state index contributed by atoms with van der Waals surface area (Å²) in [4.78, 5) is 13.2. The average Bonchev–Trinajstić information content (AvgIpc) is 2.97. The van der Waals surface area contributed by atoms with Crippen LogP contribution in [0, 0.1) is 0 Å². The van der Waals surface area contributed by atoms with Crippen LogP contribution < -0.4 is 10.2 Å². The maximum absolute atomic E-state index is 13.2. The van der Waals surface area contributed by atoms with Gasteiger partial charge in [-0.15, -0.1) is 0 Å². The van der Waals surface area contributed by atoms with Gasteiger partial charge >= 0.3 is 0 Å². The third-order valence-electron chi connectivity index (χ3n) is 7.41. The van der Waals surface area contributed by atoms with E-state index in [1.807, 2.05) is 0 Å². The molecule has 15 nitrogen and oxygen atoms in total. The second-order valence-electron chi connectivity index (χ2n) is 10.1. The zero-order chi connectivity index (χ0) is 30.5. The smallest absolute Gasteiger partial charge is 0.229 e. The molecule has 2 aliphatic heterocycles. The predicted octanol–water partition coefficient (Wildman–Crippen LogP) is -2.44. The molecule has 42 heavy (non-hydrogen) atoms. The van der Waals surface area contributed by atoms with Gasteiger partial charge in [0.2, 0.25) is 6.29 Å². The van der Waals surface area contributed by atoms with Crippen LogP contribution in [0.3, 0.4) is 0 Å². The summed E-state index contributed by atoms with van der Waals surface area (Å²) in [6.07, 6.45) is -17.4. The van der Waals surface area contributed by atoms with Gasteiger partial charge in [-0.3, -0.25) is 4.79 Å². The van der Waals surface area contributed by atoms with E-state index in [0.29, 0.717) is 5.56 Å². The van der Waals surface area contributed by atoms with Gasteiger partial charge in [0, 0.05) is 17.7 Å². The van der Waals surface area contributed by atoms with Crippen molar-refractivity contribution in [1.82, 2.24) is 0 Å². The molecule has 0 bridgehead atoms. The van der Waals surface area contributed by atoms with Gasteiger partial charge in [0.1, 0.15) is 88.9 Å². The fourth-order valence-corrected chi connectivity index (χ4v) is 5.07. The lowest BCUT2D eigenvalue weighted by Crippen LogP contribution is -2.60. The Labute approximate surface area is 236 Å². The number of rotatable bonds is 6. The quantitative estimate of drug-likeness (QED) is 0.142. The molecular formula is C27H30O15. The molecule has 15 heteroatoms. The number of aliphatic hydroxyl groups excluding tert-OH is 8. The first-order valence-corrected chi connectivity index (χ1v) is 12.9. The topological polar surface area (TPSA) is 260 Å². The molecule has 0 unspecified atom stereocenters. The molecule has 3 heterocycles. The third kappa shape index (κ3) is 5.20. The van der Waals surface area contributed by atoms with Crippen LogP contribution in [-0.2, 0) is 9.47 Å². The van der Waals surface area contributed by atoms with Crippen LogP contribution >= 0.6 is 0 Å². The maximum atomic E-state index is 13.2. The number of benzene rings is 2. The Hall–Kier alpha value is -3.35. The molecule has 5 rings (SSSR count). The Morgan fingerprint density at radius 3 is 1.95 bits per heavy atom. The summed E-state index contributed by atoms with van der Waals surface area (Å²) in [7, 11) is 0.